The normalized spacial score (nSPS) is 30.0. The van der Waals surface area contributed by atoms with Gasteiger partial charge in [-0.15, -0.1) is 0 Å². The molecule has 1 aromatic rings. The van der Waals surface area contributed by atoms with Crippen LogP contribution in [0.3, 0.4) is 0 Å². The molecule has 1 aliphatic heterocycles. The van der Waals surface area contributed by atoms with Crippen LogP contribution in [0.1, 0.15) is 48.0 Å². The van der Waals surface area contributed by atoms with E-state index in [1.807, 2.05) is 18.2 Å². The summed E-state index contributed by atoms with van der Waals surface area (Å²) in [5.74, 6) is 2.66. The highest BCUT2D eigenvalue weighted by atomic mass is 16.2. The molecule has 2 aliphatic carbocycles. The summed E-state index contributed by atoms with van der Waals surface area (Å²) in [5.41, 5.74) is 2.75. The molecule has 3 atom stereocenters. The summed E-state index contributed by atoms with van der Waals surface area (Å²) in [6.07, 6.45) is 6.43. The van der Waals surface area contributed by atoms with Crippen LogP contribution in [-0.4, -0.2) is 18.7 Å². The molecule has 0 spiro atoms. The van der Waals surface area contributed by atoms with Crippen molar-refractivity contribution >= 4 is 17.4 Å². The Bertz CT molecular complexity index is 622. The molecule has 0 aromatic heterocycles. The van der Waals surface area contributed by atoms with Crippen molar-refractivity contribution in [3.8, 4) is 0 Å². The number of likely N-dealkylation sites (N-methyl/N-ethyl adjacent to an activating group) is 1. The van der Waals surface area contributed by atoms with E-state index in [1.54, 1.807) is 11.9 Å². The molecular weight excluding hydrogens is 262 g/mol. The lowest BCUT2D eigenvalue weighted by Crippen LogP contribution is -2.20. The standard InChI is InChI=1S/C18H21NO2/c1-19-16-5-4-13(8-15(16)10-18(19)21)17(20)9-14-7-11-2-3-12(14)6-11/h4-5,8,11-12,14H,2-3,6-7,9-10H2,1H3. The topological polar surface area (TPSA) is 37.4 Å². The van der Waals surface area contributed by atoms with E-state index in [2.05, 4.69) is 0 Å². The van der Waals surface area contributed by atoms with E-state index >= 15 is 0 Å². The van der Waals surface area contributed by atoms with E-state index in [9.17, 15) is 9.59 Å². The number of rotatable bonds is 3. The molecule has 0 radical (unpaired) electrons. The number of fused-ring (bicyclic) bond motifs is 3. The summed E-state index contributed by atoms with van der Waals surface area (Å²) < 4.78 is 0. The first-order valence-electron chi connectivity index (χ1n) is 8.04. The Labute approximate surface area is 125 Å². The van der Waals surface area contributed by atoms with Crippen molar-refractivity contribution in [2.75, 3.05) is 11.9 Å². The zero-order valence-electron chi connectivity index (χ0n) is 12.5. The Balaban J connectivity index is 1.51. The van der Waals surface area contributed by atoms with Gasteiger partial charge in [0.1, 0.15) is 0 Å². The number of hydrogen-bond donors (Lipinski definition) is 0. The van der Waals surface area contributed by atoms with Crippen molar-refractivity contribution in [1.82, 2.24) is 0 Å². The lowest BCUT2D eigenvalue weighted by molar-refractivity contribution is -0.117. The van der Waals surface area contributed by atoms with Gasteiger partial charge in [-0.25, -0.2) is 0 Å². The number of anilines is 1. The largest absolute Gasteiger partial charge is 0.315 e. The number of hydrogen-bond acceptors (Lipinski definition) is 2. The SMILES string of the molecule is CN1C(=O)Cc2cc(C(=O)CC3CC4CCC3C4)ccc21. The van der Waals surface area contributed by atoms with E-state index in [0.717, 1.165) is 28.7 Å². The Morgan fingerprint density at radius 2 is 2.14 bits per heavy atom. The quantitative estimate of drug-likeness (QED) is 0.799. The summed E-state index contributed by atoms with van der Waals surface area (Å²) in [6.45, 7) is 0. The summed E-state index contributed by atoms with van der Waals surface area (Å²) in [6, 6.07) is 5.75. The van der Waals surface area contributed by atoms with Gasteiger partial charge in [0.05, 0.1) is 6.42 Å². The summed E-state index contributed by atoms with van der Waals surface area (Å²) in [5, 5.41) is 0. The van der Waals surface area contributed by atoms with Gasteiger partial charge in [-0.05, 0) is 60.8 Å². The summed E-state index contributed by atoms with van der Waals surface area (Å²) in [7, 11) is 1.80. The second-order valence-electron chi connectivity index (χ2n) is 7.04. The minimum atomic E-state index is 0.114. The van der Waals surface area contributed by atoms with Gasteiger partial charge in [0.2, 0.25) is 5.91 Å². The molecule has 0 N–H and O–H groups in total. The first-order valence-corrected chi connectivity index (χ1v) is 8.04. The van der Waals surface area contributed by atoms with Crippen molar-refractivity contribution in [2.24, 2.45) is 17.8 Å². The van der Waals surface area contributed by atoms with Gasteiger partial charge in [0.25, 0.3) is 0 Å². The molecule has 1 amide bonds. The smallest absolute Gasteiger partial charge is 0.231 e. The maximum Gasteiger partial charge on any atom is 0.231 e. The molecule has 3 nitrogen and oxygen atoms in total. The zero-order chi connectivity index (χ0) is 14.6. The minimum absolute atomic E-state index is 0.114. The van der Waals surface area contributed by atoms with Crippen LogP contribution < -0.4 is 4.90 Å². The van der Waals surface area contributed by atoms with Gasteiger partial charge in [-0.2, -0.15) is 0 Å². The fraction of sp³-hybridized carbons (Fsp3) is 0.556. The van der Waals surface area contributed by atoms with Crippen LogP contribution in [0, 0.1) is 17.8 Å². The average molecular weight is 283 g/mol. The van der Waals surface area contributed by atoms with Crippen molar-refractivity contribution in [3.63, 3.8) is 0 Å². The van der Waals surface area contributed by atoms with E-state index in [1.165, 1.54) is 25.7 Å². The molecule has 1 aromatic carbocycles. The average Bonchev–Trinajstić information content (AvgIpc) is 3.15. The predicted octanol–water partition coefficient (Wildman–Crippen LogP) is 3.21. The van der Waals surface area contributed by atoms with Gasteiger partial charge in [-0.3, -0.25) is 9.59 Å². The molecule has 1 heterocycles. The number of carbonyl (C=O) groups is 2. The van der Waals surface area contributed by atoms with Gasteiger partial charge >= 0.3 is 0 Å². The molecule has 21 heavy (non-hydrogen) atoms. The molecule has 2 saturated carbocycles. The highest BCUT2D eigenvalue weighted by Crippen LogP contribution is 2.49. The zero-order valence-corrected chi connectivity index (χ0v) is 12.5. The number of Topliss-reactive ketones (excluding diaryl/α,β-unsaturated/α-hetero) is 1. The highest BCUT2D eigenvalue weighted by Gasteiger charge is 2.40. The predicted molar refractivity (Wildman–Crippen MR) is 81.4 cm³/mol. The van der Waals surface area contributed by atoms with Crippen LogP contribution in [0.25, 0.3) is 0 Å². The third-order valence-electron chi connectivity index (χ3n) is 5.81. The first kappa shape index (κ1) is 13.1. The van der Waals surface area contributed by atoms with Gasteiger partial charge < -0.3 is 4.90 Å². The van der Waals surface area contributed by atoms with Crippen molar-refractivity contribution in [1.29, 1.82) is 0 Å². The minimum Gasteiger partial charge on any atom is -0.315 e. The fourth-order valence-corrected chi connectivity index (χ4v) is 4.63. The monoisotopic (exact) mass is 283 g/mol. The fourth-order valence-electron chi connectivity index (χ4n) is 4.63. The van der Waals surface area contributed by atoms with Crippen LogP contribution >= 0.6 is 0 Å². The molecule has 3 aliphatic rings. The third kappa shape index (κ3) is 2.10. The molecule has 4 rings (SSSR count). The van der Waals surface area contributed by atoms with Crippen molar-refractivity contribution < 1.29 is 9.59 Å². The first-order chi connectivity index (χ1) is 10.1. The molecular formula is C18H21NO2. The van der Waals surface area contributed by atoms with Crippen molar-refractivity contribution in [3.05, 3.63) is 29.3 Å². The number of ketones is 1. The van der Waals surface area contributed by atoms with Crippen LogP contribution in [0.5, 0.6) is 0 Å². The lowest BCUT2D eigenvalue weighted by Gasteiger charge is -2.20. The Hall–Kier alpha value is -1.64. The number of amides is 1. The summed E-state index contributed by atoms with van der Waals surface area (Å²) >= 11 is 0. The molecule has 0 saturated heterocycles. The number of nitrogens with zero attached hydrogens (tertiary/aromatic N) is 1. The van der Waals surface area contributed by atoms with Crippen LogP contribution in [-0.2, 0) is 11.2 Å². The van der Waals surface area contributed by atoms with Crippen LogP contribution in [0.4, 0.5) is 5.69 Å². The third-order valence-corrected chi connectivity index (χ3v) is 5.81. The Morgan fingerprint density at radius 3 is 2.86 bits per heavy atom. The second kappa shape index (κ2) is 4.69. The molecule has 3 unspecified atom stereocenters. The Kier molecular flexibility index (Phi) is 2.91. The maximum atomic E-state index is 12.5. The van der Waals surface area contributed by atoms with Gasteiger partial charge in [-0.1, -0.05) is 6.42 Å². The maximum absolute atomic E-state index is 12.5. The van der Waals surface area contributed by atoms with Crippen molar-refractivity contribution in [2.45, 2.75) is 38.5 Å². The molecule has 110 valence electrons. The second-order valence-corrected chi connectivity index (χ2v) is 7.04. The van der Waals surface area contributed by atoms with Crippen LogP contribution in [0.2, 0.25) is 0 Å². The van der Waals surface area contributed by atoms with Crippen LogP contribution in [0.15, 0.2) is 18.2 Å². The molecule has 3 heteroatoms. The van der Waals surface area contributed by atoms with E-state index in [-0.39, 0.29) is 11.7 Å². The van der Waals surface area contributed by atoms with E-state index in [0.29, 0.717) is 18.8 Å². The lowest BCUT2D eigenvalue weighted by atomic mass is 9.84. The van der Waals surface area contributed by atoms with E-state index in [4.69, 9.17) is 0 Å². The highest BCUT2D eigenvalue weighted by molar-refractivity contribution is 6.03. The number of carbonyl (C=O) groups excluding carboxylic acids is 2. The molecule has 2 bridgehead atoms. The molecule has 2 fully saturated rings. The van der Waals surface area contributed by atoms with Gasteiger partial charge in [0.15, 0.2) is 5.78 Å². The number of benzene rings is 1. The Morgan fingerprint density at radius 1 is 1.29 bits per heavy atom. The van der Waals surface area contributed by atoms with Gasteiger partial charge in [0, 0.05) is 24.7 Å². The summed E-state index contributed by atoms with van der Waals surface area (Å²) in [4.78, 5) is 25.9. The van der Waals surface area contributed by atoms with E-state index < -0.39 is 0 Å².